The van der Waals surface area contributed by atoms with Crippen LogP contribution in [0, 0.1) is 3.57 Å². The van der Waals surface area contributed by atoms with Crippen molar-refractivity contribution >= 4 is 42.3 Å². The summed E-state index contributed by atoms with van der Waals surface area (Å²) in [6.07, 6.45) is -2.42. The lowest BCUT2D eigenvalue weighted by Crippen LogP contribution is -2.16. The van der Waals surface area contributed by atoms with Crippen LogP contribution in [0.4, 0.5) is 8.78 Å². The molecule has 1 N–H and O–H groups in total. The Labute approximate surface area is 101 Å². The van der Waals surface area contributed by atoms with Gasteiger partial charge in [-0.1, -0.05) is 0 Å². The zero-order valence-electron chi connectivity index (χ0n) is 6.80. The van der Waals surface area contributed by atoms with Crippen LogP contribution < -0.4 is 5.56 Å². The van der Waals surface area contributed by atoms with Crippen LogP contribution in [0.25, 0.3) is 0 Å². The first-order valence-corrected chi connectivity index (χ1v) is 6.78. The van der Waals surface area contributed by atoms with Gasteiger partial charge in [0.25, 0.3) is 21.0 Å². The van der Waals surface area contributed by atoms with Gasteiger partial charge in [0.15, 0.2) is 0 Å². The van der Waals surface area contributed by atoms with Crippen LogP contribution in [0.3, 0.4) is 0 Å². The maximum Gasteiger partial charge on any atom is 0.266 e. The number of H-pyrrole nitrogens is 1. The van der Waals surface area contributed by atoms with E-state index in [2.05, 4.69) is 0 Å². The van der Waals surface area contributed by atoms with E-state index in [9.17, 15) is 22.0 Å². The quantitative estimate of drug-likeness (QED) is 0.639. The van der Waals surface area contributed by atoms with Crippen molar-refractivity contribution in [1.82, 2.24) is 4.98 Å². The largest absolute Gasteiger partial charge is 0.327 e. The number of aromatic amines is 1. The van der Waals surface area contributed by atoms with Gasteiger partial charge in [0.1, 0.15) is 4.90 Å². The van der Waals surface area contributed by atoms with Crippen molar-refractivity contribution in [3.8, 4) is 0 Å². The number of hydrogen-bond donors (Lipinski definition) is 1. The fourth-order valence-corrected chi connectivity index (χ4v) is 2.81. The molecule has 0 aromatic carbocycles. The molecule has 0 aliphatic rings. The topological polar surface area (TPSA) is 67.0 Å². The Morgan fingerprint density at radius 3 is 2.40 bits per heavy atom. The maximum absolute atomic E-state index is 12.5. The van der Waals surface area contributed by atoms with Crippen molar-refractivity contribution in [3.05, 3.63) is 25.7 Å². The van der Waals surface area contributed by atoms with E-state index in [1.165, 1.54) is 22.6 Å². The predicted octanol–water partition coefficient (Wildman–Crippen LogP) is 1.84. The molecule has 1 aromatic rings. The van der Waals surface area contributed by atoms with E-state index in [1.54, 1.807) is 0 Å². The number of pyridine rings is 1. The van der Waals surface area contributed by atoms with E-state index in [-0.39, 0.29) is 3.57 Å². The summed E-state index contributed by atoms with van der Waals surface area (Å²) < 4.78 is 46.5. The highest BCUT2D eigenvalue weighted by molar-refractivity contribution is 14.1. The molecular formula is C6H3ClF2INO3S. The maximum atomic E-state index is 12.5. The van der Waals surface area contributed by atoms with Crippen LogP contribution in [0.15, 0.2) is 15.9 Å². The van der Waals surface area contributed by atoms with Gasteiger partial charge in [-0.25, -0.2) is 17.2 Å². The van der Waals surface area contributed by atoms with Crippen LogP contribution in [0.2, 0.25) is 0 Å². The lowest BCUT2D eigenvalue weighted by molar-refractivity contribution is 0.146. The summed E-state index contributed by atoms with van der Waals surface area (Å²) in [5.41, 5.74) is -1.65. The van der Waals surface area contributed by atoms with Crippen molar-refractivity contribution in [3.63, 3.8) is 0 Å². The van der Waals surface area contributed by atoms with E-state index in [1.807, 2.05) is 4.98 Å². The van der Waals surface area contributed by atoms with Gasteiger partial charge in [0, 0.05) is 16.9 Å². The van der Waals surface area contributed by atoms with Gasteiger partial charge in [-0.2, -0.15) is 0 Å². The normalized spacial score (nSPS) is 12.1. The van der Waals surface area contributed by atoms with Crippen molar-refractivity contribution in [2.75, 3.05) is 0 Å². The third kappa shape index (κ3) is 2.67. The molecule has 0 atom stereocenters. The molecule has 0 spiro atoms. The fraction of sp³-hybridized carbons (Fsp3) is 0.167. The van der Waals surface area contributed by atoms with Crippen LogP contribution in [0.5, 0.6) is 0 Å². The Morgan fingerprint density at radius 2 is 2.00 bits per heavy atom. The van der Waals surface area contributed by atoms with Gasteiger partial charge in [-0.3, -0.25) is 4.79 Å². The van der Waals surface area contributed by atoms with Crippen LogP contribution in [-0.2, 0) is 9.05 Å². The Kier molecular flexibility index (Phi) is 3.71. The molecule has 1 aromatic heterocycles. The SMILES string of the molecule is O=c1[nH]cc(S(=O)(=O)Cl)c(C(F)F)c1I. The number of hydrogen-bond acceptors (Lipinski definition) is 3. The summed E-state index contributed by atoms with van der Waals surface area (Å²) in [5.74, 6) is 0. The molecule has 0 fully saturated rings. The molecule has 4 nitrogen and oxygen atoms in total. The Balaban J connectivity index is 3.70. The molecule has 0 unspecified atom stereocenters. The molecule has 84 valence electrons. The number of nitrogens with one attached hydrogen (secondary N) is 1. The van der Waals surface area contributed by atoms with Gasteiger partial charge < -0.3 is 4.98 Å². The molecule has 0 radical (unpaired) electrons. The number of aromatic nitrogens is 1. The number of halogens is 4. The zero-order valence-corrected chi connectivity index (χ0v) is 10.5. The van der Waals surface area contributed by atoms with Crippen LogP contribution >= 0.6 is 33.3 Å². The Bertz CT molecular complexity index is 542. The van der Waals surface area contributed by atoms with E-state index >= 15 is 0 Å². The number of alkyl halides is 2. The average molecular weight is 370 g/mol. The van der Waals surface area contributed by atoms with Crippen molar-refractivity contribution in [2.45, 2.75) is 11.3 Å². The highest BCUT2D eigenvalue weighted by Crippen LogP contribution is 2.30. The number of rotatable bonds is 2. The molecule has 0 saturated heterocycles. The summed E-state index contributed by atoms with van der Waals surface area (Å²) >= 11 is 1.34. The van der Waals surface area contributed by atoms with Crippen LogP contribution in [0.1, 0.15) is 12.0 Å². The second-order valence-corrected chi connectivity index (χ2v) is 6.06. The van der Waals surface area contributed by atoms with Crippen LogP contribution in [-0.4, -0.2) is 13.4 Å². The first kappa shape index (κ1) is 12.8. The van der Waals surface area contributed by atoms with E-state index in [0.717, 1.165) is 0 Å². The van der Waals surface area contributed by atoms with E-state index < -0.39 is 31.5 Å². The van der Waals surface area contributed by atoms with Gasteiger partial charge in [-0.15, -0.1) is 0 Å². The summed E-state index contributed by atoms with van der Waals surface area (Å²) in [5, 5.41) is 0. The standard InChI is InChI=1S/C6H3ClF2INO3S/c7-15(13,14)2-1-11-6(12)4(10)3(2)5(8)9/h1,5H,(H,11,12). The lowest BCUT2D eigenvalue weighted by Gasteiger charge is -2.06. The van der Waals surface area contributed by atoms with Gasteiger partial charge in [0.2, 0.25) is 0 Å². The Hall–Kier alpha value is -0.220. The van der Waals surface area contributed by atoms with E-state index in [0.29, 0.717) is 6.20 Å². The summed E-state index contributed by atoms with van der Waals surface area (Å²) in [6.45, 7) is 0. The minimum absolute atomic E-state index is 0.385. The molecule has 0 saturated carbocycles. The smallest absolute Gasteiger partial charge is 0.266 e. The molecule has 0 bridgehead atoms. The summed E-state index contributed by atoms with van der Waals surface area (Å²) in [4.78, 5) is 12.2. The molecule has 0 aliphatic carbocycles. The third-order valence-corrected chi connectivity index (χ3v) is 3.95. The van der Waals surface area contributed by atoms with Crippen molar-refractivity contribution in [1.29, 1.82) is 0 Å². The van der Waals surface area contributed by atoms with E-state index in [4.69, 9.17) is 10.7 Å². The lowest BCUT2D eigenvalue weighted by atomic mass is 10.3. The van der Waals surface area contributed by atoms with Crippen molar-refractivity contribution < 1.29 is 17.2 Å². The van der Waals surface area contributed by atoms with Gasteiger partial charge in [-0.05, 0) is 22.6 Å². The first-order chi connectivity index (χ1) is 6.75. The second-order valence-electron chi connectivity index (χ2n) is 2.45. The first-order valence-electron chi connectivity index (χ1n) is 3.39. The molecule has 1 rings (SSSR count). The monoisotopic (exact) mass is 369 g/mol. The highest BCUT2D eigenvalue weighted by atomic mass is 127. The third-order valence-electron chi connectivity index (χ3n) is 1.52. The van der Waals surface area contributed by atoms with Crippen molar-refractivity contribution in [2.24, 2.45) is 0 Å². The molecule has 0 aliphatic heterocycles. The fourth-order valence-electron chi connectivity index (χ4n) is 0.908. The predicted molar refractivity (Wildman–Crippen MR) is 57.8 cm³/mol. The Morgan fingerprint density at radius 1 is 1.47 bits per heavy atom. The van der Waals surface area contributed by atoms with Gasteiger partial charge in [0.05, 0.1) is 9.13 Å². The molecular weight excluding hydrogens is 366 g/mol. The molecule has 15 heavy (non-hydrogen) atoms. The second kappa shape index (κ2) is 4.34. The zero-order chi connectivity index (χ0) is 11.8. The summed E-state index contributed by atoms with van der Waals surface area (Å²) in [6, 6.07) is 0. The molecule has 1 heterocycles. The minimum Gasteiger partial charge on any atom is -0.327 e. The average Bonchev–Trinajstić information content (AvgIpc) is 2.06. The summed E-state index contributed by atoms with van der Waals surface area (Å²) in [7, 11) is 0.645. The highest BCUT2D eigenvalue weighted by Gasteiger charge is 2.26. The van der Waals surface area contributed by atoms with Gasteiger partial charge >= 0.3 is 0 Å². The minimum atomic E-state index is -4.30. The molecule has 9 heteroatoms. The molecule has 0 amide bonds.